The lowest BCUT2D eigenvalue weighted by molar-refractivity contribution is 0.0630. The molecule has 0 radical (unpaired) electrons. The molecule has 6 nitrogen and oxygen atoms in total. The SMILES string of the molecule is Cn1ncc2c(C(=O)N3CCN(Cc4ccccc4)CC3)cc(-c3ccc(Cl)cc3Cl)nc21. The van der Waals surface area contributed by atoms with Gasteiger partial charge in [-0.3, -0.25) is 14.4 Å². The second kappa shape index (κ2) is 9.14. The van der Waals surface area contributed by atoms with Crippen LogP contribution in [0.1, 0.15) is 15.9 Å². The normalized spacial score (nSPS) is 14.7. The number of pyridine rings is 1. The van der Waals surface area contributed by atoms with E-state index in [4.69, 9.17) is 28.2 Å². The lowest BCUT2D eigenvalue weighted by Gasteiger charge is -2.35. The molecular formula is C25H23Cl2N5O. The van der Waals surface area contributed by atoms with Gasteiger partial charge in [-0.15, -0.1) is 0 Å². The number of nitrogens with zero attached hydrogens (tertiary/aromatic N) is 5. The first-order valence-electron chi connectivity index (χ1n) is 10.8. The van der Waals surface area contributed by atoms with Crippen LogP contribution in [0.4, 0.5) is 0 Å². The number of benzene rings is 2. The van der Waals surface area contributed by atoms with Gasteiger partial charge < -0.3 is 4.90 Å². The molecule has 1 fully saturated rings. The lowest BCUT2D eigenvalue weighted by Crippen LogP contribution is -2.48. The molecule has 1 amide bonds. The fourth-order valence-electron chi connectivity index (χ4n) is 4.25. The van der Waals surface area contributed by atoms with E-state index in [1.165, 1.54) is 5.56 Å². The molecule has 0 bridgehead atoms. The summed E-state index contributed by atoms with van der Waals surface area (Å²) >= 11 is 12.5. The molecule has 0 atom stereocenters. The smallest absolute Gasteiger partial charge is 0.254 e. The number of rotatable bonds is 4. The van der Waals surface area contributed by atoms with E-state index in [0.717, 1.165) is 30.6 Å². The summed E-state index contributed by atoms with van der Waals surface area (Å²) in [4.78, 5) is 22.6. The Bertz CT molecular complexity index is 1310. The van der Waals surface area contributed by atoms with Gasteiger partial charge in [0.15, 0.2) is 5.65 Å². The molecule has 0 aliphatic carbocycles. The minimum Gasteiger partial charge on any atom is -0.336 e. The minimum absolute atomic E-state index is 0.0129. The number of halogens is 2. The van der Waals surface area contributed by atoms with Crippen molar-refractivity contribution in [3.8, 4) is 11.3 Å². The molecule has 1 aliphatic heterocycles. The van der Waals surface area contributed by atoms with Gasteiger partial charge in [0.2, 0.25) is 0 Å². The van der Waals surface area contributed by atoms with Gasteiger partial charge in [-0.05, 0) is 29.8 Å². The van der Waals surface area contributed by atoms with Crippen molar-refractivity contribution in [1.82, 2.24) is 24.6 Å². The maximum atomic E-state index is 13.6. The number of carbonyl (C=O) groups is 1. The van der Waals surface area contributed by atoms with Crippen LogP contribution in [0.15, 0.2) is 60.8 Å². The largest absolute Gasteiger partial charge is 0.336 e. The molecule has 0 saturated carbocycles. The summed E-state index contributed by atoms with van der Waals surface area (Å²) in [7, 11) is 1.82. The Labute approximate surface area is 202 Å². The average molecular weight is 480 g/mol. The molecule has 0 unspecified atom stereocenters. The monoisotopic (exact) mass is 479 g/mol. The molecule has 1 aliphatic rings. The highest BCUT2D eigenvalue weighted by Crippen LogP contribution is 2.32. The Morgan fingerprint density at radius 2 is 1.76 bits per heavy atom. The zero-order chi connectivity index (χ0) is 22.9. The van der Waals surface area contributed by atoms with Crippen LogP contribution in [0.25, 0.3) is 22.3 Å². The van der Waals surface area contributed by atoms with Crippen LogP contribution in [-0.2, 0) is 13.6 Å². The third-order valence-electron chi connectivity index (χ3n) is 6.05. The Morgan fingerprint density at radius 1 is 1.00 bits per heavy atom. The molecule has 0 N–H and O–H groups in total. The fraction of sp³-hybridized carbons (Fsp3) is 0.240. The van der Waals surface area contributed by atoms with Gasteiger partial charge in [0.05, 0.1) is 27.9 Å². The van der Waals surface area contributed by atoms with E-state index in [1.807, 2.05) is 30.1 Å². The summed E-state index contributed by atoms with van der Waals surface area (Å²) in [5.41, 5.74) is 3.87. The molecule has 8 heteroatoms. The lowest BCUT2D eigenvalue weighted by atomic mass is 10.1. The van der Waals surface area contributed by atoms with Crippen LogP contribution in [0, 0.1) is 0 Å². The van der Waals surface area contributed by atoms with E-state index >= 15 is 0 Å². The predicted molar refractivity (Wildman–Crippen MR) is 132 cm³/mol. The van der Waals surface area contributed by atoms with Gasteiger partial charge >= 0.3 is 0 Å². The van der Waals surface area contributed by atoms with Crippen LogP contribution in [0.2, 0.25) is 10.0 Å². The molecule has 2 aromatic carbocycles. The van der Waals surface area contributed by atoms with Gasteiger partial charge in [-0.2, -0.15) is 5.10 Å². The van der Waals surface area contributed by atoms with Crippen molar-refractivity contribution < 1.29 is 4.79 Å². The fourth-order valence-corrected chi connectivity index (χ4v) is 4.75. The maximum absolute atomic E-state index is 13.6. The Balaban J connectivity index is 1.41. The summed E-state index contributed by atoms with van der Waals surface area (Å²) < 4.78 is 1.68. The van der Waals surface area contributed by atoms with Crippen LogP contribution in [-0.4, -0.2) is 56.7 Å². The first-order chi connectivity index (χ1) is 16.0. The number of fused-ring (bicyclic) bond motifs is 1. The first-order valence-corrected chi connectivity index (χ1v) is 11.6. The molecule has 0 spiro atoms. The van der Waals surface area contributed by atoms with Crippen molar-refractivity contribution >= 4 is 40.1 Å². The van der Waals surface area contributed by atoms with E-state index in [2.05, 4.69) is 34.3 Å². The standard InChI is InChI=1S/C25H23Cl2N5O/c1-30-24-21(15-28-30)20(14-23(29-24)19-8-7-18(26)13-22(19)27)25(33)32-11-9-31(10-12-32)16-17-5-3-2-4-6-17/h2-8,13-15H,9-12,16H2,1H3. The number of hydrogen-bond acceptors (Lipinski definition) is 4. The predicted octanol–water partition coefficient (Wildman–Crippen LogP) is 4.90. The zero-order valence-electron chi connectivity index (χ0n) is 18.2. The Hall–Kier alpha value is -2.93. The highest BCUT2D eigenvalue weighted by atomic mass is 35.5. The number of carbonyl (C=O) groups excluding carboxylic acids is 1. The average Bonchev–Trinajstić information content (AvgIpc) is 3.20. The van der Waals surface area contributed by atoms with Crippen LogP contribution < -0.4 is 0 Å². The number of aryl methyl sites for hydroxylation is 1. The van der Waals surface area contributed by atoms with Crippen LogP contribution in [0.3, 0.4) is 0 Å². The van der Waals surface area contributed by atoms with Crippen molar-refractivity contribution in [2.75, 3.05) is 26.2 Å². The van der Waals surface area contributed by atoms with E-state index in [-0.39, 0.29) is 5.91 Å². The first kappa shape index (κ1) is 21.9. The molecule has 1 saturated heterocycles. The second-order valence-electron chi connectivity index (χ2n) is 8.24. The van der Waals surface area contributed by atoms with E-state index in [9.17, 15) is 4.79 Å². The van der Waals surface area contributed by atoms with E-state index < -0.39 is 0 Å². The summed E-state index contributed by atoms with van der Waals surface area (Å²) in [5, 5.41) is 6.12. The molecule has 2 aromatic heterocycles. The van der Waals surface area contributed by atoms with Gasteiger partial charge in [-0.25, -0.2) is 4.98 Å². The van der Waals surface area contributed by atoms with Gasteiger partial charge in [-0.1, -0.05) is 53.5 Å². The summed E-state index contributed by atoms with van der Waals surface area (Å²) in [6, 6.07) is 17.5. The van der Waals surface area contributed by atoms with Gasteiger partial charge in [0.25, 0.3) is 5.91 Å². The summed E-state index contributed by atoms with van der Waals surface area (Å²) in [6.45, 7) is 3.90. The molecule has 168 valence electrons. The van der Waals surface area contributed by atoms with Gasteiger partial charge in [0, 0.05) is 50.4 Å². The van der Waals surface area contributed by atoms with Crippen LogP contribution in [0.5, 0.6) is 0 Å². The van der Waals surface area contributed by atoms with Crippen molar-refractivity contribution in [2.45, 2.75) is 6.54 Å². The highest BCUT2D eigenvalue weighted by molar-refractivity contribution is 6.36. The van der Waals surface area contributed by atoms with E-state index in [0.29, 0.717) is 40.0 Å². The number of amides is 1. The number of piperazine rings is 1. The van der Waals surface area contributed by atoms with Crippen molar-refractivity contribution in [1.29, 1.82) is 0 Å². The Kier molecular flexibility index (Phi) is 6.06. The summed E-state index contributed by atoms with van der Waals surface area (Å²) in [6.07, 6.45) is 1.70. The second-order valence-corrected chi connectivity index (χ2v) is 9.08. The van der Waals surface area contributed by atoms with Crippen molar-refractivity contribution in [3.05, 3.63) is 82.0 Å². The Morgan fingerprint density at radius 3 is 2.48 bits per heavy atom. The third kappa shape index (κ3) is 4.47. The highest BCUT2D eigenvalue weighted by Gasteiger charge is 2.25. The molecule has 3 heterocycles. The maximum Gasteiger partial charge on any atom is 0.254 e. The van der Waals surface area contributed by atoms with Crippen LogP contribution >= 0.6 is 23.2 Å². The number of hydrogen-bond donors (Lipinski definition) is 0. The molecular weight excluding hydrogens is 457 g/mol. The molecule has 33 heavy (non-hydrogen) atoms. The number of aromatic nitrogens is 3. The third-order valence-corrected chi connectivity index (χ3v) is 6.60. The molecule has 4 aromatic rings. The summed E-state index contributed by atoms with van der Waals surface area (Å²) in [5.74, 6) is -0.0129. The quantitative estimate of drug-likeness (QED) is 0.417. The topological polar surface area (TPSA) is 54.3 Å². The van der Waals surface area contributed by atoms with Gasteiger partial charge in [0.1, 0.15) is 0 Å². The molecule has 5 rings (SSSR count). The van der Waals surface area contributed by atoms with Crippen molar-refractivity contribution in [2.24, 2.45) is 7.05 Å². The van der Waals surface area contributed by atoms with E-state index in [1.54, 1.807) is 23.0 Å². The zero-order valence-corrected chi connectivity index (χ0v) is 19.7. The van der Waals surface area contributed by atoms with Crippen molar-refractivity contribution in [3.63, 3.8) is 0 Å². The minimum atomic E-state index is -0.0129.